The lowest BCUT2D eigenvalue weighted by Gasteiger charge is -2.17. The molecule has 0 atom stereocenters. The molecule has 2 aromatic rings. The zero-order chi connectivity index (χ0) is 21.6. The Morgan fingerprint density at radius 3 is 1.52 bits per heavy atom. The number of rotatable bonds is 8. The van der Waals surface area contributed by atoms with Crippen LogP contribution in [0.1, 0.15) is 20.7 Å². The Hall–Kier alpha value is -1.83. The third kappa shape index (κ3) is 6.59. The summed E-state index contributed by atoms with van der Waals surface area (Å²) in [5.74, 6) is -0.0297. The molecular weight excluding hydrogens is 531 g/mol. The second-order valence-corrected chi connectivity index (χ2v) is 10.9. The third-order valence-corrected chi connectivity index (χ3v) is 6.28. The van der Waals surface area contributed by atoms with Gasteiger partial charge in [0.05, 0.1) is 34.3 Å². The Balaban J connectivity index is 1.98. The molecule has 0 bridgehead atoms. The molecule has 0 aliphatic rings. The van der Waals surface area contributed by atoms with Crippen LogP contribution in [0.25, 0.3) is 0 Å². The fourth-order valence-corrected chi connectivity index (χ4v) is 4.06. The summed E-state index contributed by atoms with van der Waals surface area (Å²) >= 11 is 6.65. The average molecular weight is 550 g/mol. The molecule has 0 aromatic heterocycles. The van der Waals surface area contributed by atoms with E-state index < -0.39 is 19.1 Å². The van der Waals surface area contributed by atoms with Crippen molar-refractivity contribution in [1.29, 1.82) is 0 Å². The molecule has 0 N–H and O–H groups in total. The zero-order valence-electron chi connectivity index (χ0n) is 15.9. The van der Waals surface area contributed by atoms with Gasteiger partial charge in [0.25, 0.3) is 0 Å². The van der Waals surface area contributed by atoms with E-state index in [-0.39, 0.29) is 12.7 Å². The highest BCUT2D eigenvalue weighted by atomic mass is 79.9. The van der Waals surface area contributed by atoms with Crippen molar-refractivity contribution in [2.24, 2.45) is 0 Å². The molecule has 7 nitrogen and oxygen atoms in total. The maximum absolute atomic E-state index is 12.8. The van der Waals surface area contributed by atoms with Gasteiger partial charge in [0.2, 0.25) is 0 Å². The minimum Gasteiger partial charge on any atom is -0.485 e. The summed E-state index contributed by atoms with van der Waals surface area (Å²) in [6.45, 7) is 1.57. The summed E-state index contributed by atoms with van der Waals surface area (Å²) in [7, 11) is -0.204. The largest absolute Gasteiger partial charge is 0.485 e. The van der Waals surface area contributed by atoms with Crippen LogP contribution in [0.4, 0.5) is 0 Å². The number of hydrogen-bond donors (Lipinski definition) is 0. The molecule has 0 spiro atoms. The van der Waals surface area contributed by atoms with Crippen molar-refractivity contribution < 1.29 is 33.1 Å². The van der Waals surface area contributed by atoms with Crippen molar-refractivity contribution in [2.45, 2.75) is 0 Å². The number of esters is 2. The minimum absolute atomic E-state index is 0.0545. The summed E-state index contributed by atoms with van der Waals surface area (Å²) in [6.07, 6.45) is -0.109. The topological polar surface area (TPSA) is 88.1 Å². The average Bonchev–Trinajstić information content (AvgIpc) is 2.70. The van der Waals surface area contributed by atoms with Gasteiger partial charge in [-0.25, -0.2) is 9.59 Å². The first kappa shape index (κ1) is 23.4. The fraction of sp³-hybridized carbons (Fsp3) is 0.263. The minimum atomic E-state index is -2.81. The van der Waals surface area contributed by atoms with E-state index in [2.05, 4.69) is 41.3 Å². The molecule has 29 heavy (non-hydrogen) atoms. The predicted octanol–water partition coefficient (Wildman–Crippen LogP) is 5.15. The maximum Gasteiger partial charge on any atom is 0.337 e. The first-order valence-corrected chi connectivity index (χ1v) is 12.3. The number of benzene rings is 2. The molecular formula is C19H19Br2O7P. The van der Waals surface area contributed by atoms with Crippen LogP contribution in [0.5, 0.6) is 11.5 Å². The van der Waals surface area contributed by atoms with E-state index in [1.165, 1.54) is 14.2 Å². The molecule has 0 saturated heterocycles. The van der Waals surface area contributed by atoms with Crippen molar-refractivity contribution in [3.05, 3.63) is 56.5 Å². The van der Waals surface area contributed by atoms with Gasteiger partial charge in [-0.05, 0) is 74.9 Å². The summed E-state index contributed by atoms with van der Waals surface area (Å²) in [4.78, 5) is 23.1. The van der Waals surface area contributed by atoms with Gasteiger partial charge in [-0.15, -0.1) is 0 Å². The van der Waals surface area contributed by atoms with Crippen molar-refractivity contribution in [3.63, 3.8) is 0 Å². The smallest absolute Gasteiger partial charge is 0.337 e. The van der Waals surface area contributed by atoms with Crippen molar-refractivity contribution in [1.82, 2.24) is 0 Å². The molecule has 2 rings (SSSR count). The van der Waals surface area contributed by atoms with Crippen LogP contribution in [-0.4, -0.2) is 45.5 Å². The molecule has 0 heterocycles. The first-order valence-electron chi connectivity index (χ1n) is 8.23. The maximum atomic E-state index is 12.8. The molecule has 10 heteroatoms. The molecule has 0 aliphatic heterocycles. The van der Waals surface area contributed by atoms with Crippen LogP contribution in [0.2, 0.25) is 0 Å². The van der Waals surface area contributed by atoms with E-state index in [1.807, 2.05) is 0 Å². The summed E-state index contributed by atoms with van der Waals surface area (Å²) in [5, 5.41) is 0. The number of methoxy groups -OCH3 is 2. The second-order valence-electron chi connectivity index (χ2n) is 6.12. The molecule has 0 aliphatic carbocycles. The summed E-state index contributed by atoms with van der Waals surface area (Å²) in [6, 6.07) is 9.45. The van der Waals surface area contributed by atoms with Crippen LogP contribution in [0.3, 0.4) is 0 Å². The first-order chi connectivity index (χ1) is 13.7. The molecule has 0 unspecified atom stereocenters. The fourth-order valence-electron chi connectivity index (χ4n) is 2.17. The predicted molar refractivity (Wildman–Crippen MR) is 115 cm³/mol. The highest BCUT2D eigenvalue weighted by molar-refractivity contribution is 9.10. The van der Waals surface area contributed by atoms with Crippen molar-refractivity contribution in [2.75, 3.05) is 33.6 Å². The van der Waals surface area contributed by atoms with Crippen molar-refractivity contribution in [3.8, 4) is 11.5 Å². The van der Waals surface area contributed by atoms with E-state index in [0.29, 0.717) is 31.6 Å². The van der Waals surface area contributed by atoms with Crippen LogP contribution in [0, 0.1) is 0 Å². The highest BCUT2D eigenvalue weighted by Crippen LogP contribution is 2.43. The van der Waals surface area contributed by atoms with Gasteiger partial charge in [-0.3, -0.25) is 0 Å². The normalized spacial score (nSPS) is 10.9. The SMILES string of the molecule is COC(=O)c1ccc(OCP(C)(=O)COc2ccc(C(=O)OC)cc2Br)c(Br)c1. The lowest BCUT2D eigenvalue weighted by molar-refractivity contribution is 0.0591. The molecule has 0 radical (unpaired) electrons. The van der Waals surface area contributed by atoms with E-state index in [1.54, 1.807) is 43.1 Å². The van der Waals surface area contributed by atoms with Gasteiger partial charge in [0.15, 0.2) is 7.14 Å². The summed E-state index contributed by atoms with van der Waals surface area (Å²) < 4.78 is 34.5. The lowest BCUT2D eigenvalue weighted by atomic mass is 10.2. The Bertz CT molecular complexity index is 888. The quantitative estimate of drug-likeness (QED) is 0.332. The molecule has 0 saturated carbocycles. The van der Waals surface area contributed by atoms with Crippen LogP contribution >= 0.6 is 39.0 Å². The van der Waals surface area contributed by atoms with Crippen LogP contribution in [0.15, 0.2) is 45.3 Å². The van der Waals surface area contributed by atoms with Gasteiger partial charge >= 0.3 is 11.9 Å². The highest BCUT2D eigenvalue weighted by Gasteiger charge is 2.20. The van der Waals surface area contributed by atoms with Gasteiger partial charge in [-0.1, -0.05) is 0 Å². The Labute approximate surface area is 185 Å². The lowest BCUT2D eigenvalue weighted by Crippen LogP contribution is -2.08. The van der Waals surface area contributed by atoms with E-state index in [0.717, 1.165) is 0 Å². The Morgan fingerprint density at radius 1 is 0.828 bits per heavy atom. The second kappa shape index (κ2) is 10.3. The Kier molecular flexibility index (Phi) is 8.31. The number of carbonyl (C=O) groups is 2. The molecule has 2 aromatic carbocycles. The monoisotopic (exact) mass is 548 g/mol. The third-order valence-electron chi connectivity index (χ3n) is 3.69. The van der Waals surface area contributed by atoms with E-state index >= 15 is 0 Å². The zero-order valence-corrected chi connectivity index (χ0v) is 20.0. The number of halogens is 2. The van der Waals surface area contributed by atoms with Crippen LogP contribution in [-0.2, 0) is 14.0 Å². The van der Waals surface area contributed by atoms with Gasteiger partial charge in [0.1, 0.15) is 24.2 Å². The van der Waals surface area contributed by atoms with Crippen molar-refractivity contribution >= 4 is 50.9 Å². The molecule has 156 valence electrons. The Morgan fingerprint density at radius 2 is 1.21 bits per heavy atom. The van der Waals surface area contributed by atoms with E-state index in [9.17, 15) is 14.2 Å². The number of hydrogen-bond acceptors (Lipinski definition) is 7. The summed E-state index contributed by atoms with van der Waals surface area (Å²) in [5.41, 5.74) is 0.741. The number of ether oxygens (including phenoxy) is 4. The van der Waals surface area contributed by atoms with Gasteiger partial charge in [0, 0.05) is 0 Å². The number of carbonyl (C=O) groups excluding carboxylic acids is 2. The molecule has 0 fully saturated rings. The van der Waals surface area contributed by atoms with E-state index in [4.69, 9.17) is 9.47 Å². The van der Waals surface area contributed by atoms with Gasteiger partial charge < -0.3 is 23.5 Å². The van der Waals surface area contributed by atoms with Crippen LogP contribution < -0.4 is 9.47 Å². The molecule has 0 amide bonds. The van der Waals surface area contributed by atoms with Gasteiger partial charge in [-0.2, -0.15) is 0 Å². The standard InChI is InChI=1S/C19H19Br2O7P/c1-25-18(22)12-4-6-16(14(20)8-12)27-10-29(3,24)11-28-17-7-5-13(9-15(17)21)19(23)26-2/h4-9H,10-11H2,1-3H3.